The van der Waals surface area contributed by atoms with Gasteiger partial charge in [-0.1, -0.05) is 30.3 Å². The minimum absolute atomic E-state index is 0.0207. The number of aromatic nitrogens is 2. The maximum Gasteiger partial charge on any atom is 0.326 e. The van der Waals surface area contributed by atoms with Gasteiger partial charge >= 0.3 is 10.2 Å². The van der Waals surface area contributed by atoms with Gasteiger partial charge in [-0.05, 0) is 85.5 Å². The maximum atomic E-state index is 16.2. The third-order valence-electron chi connectivity index (χ3n) is 10.4. The molecule has 4 aromatic carbocycles. The van der Waals surface area contributed by atoms with E-state index in [-0.39, 0.29) is 53.5 Å². The second kappa shape index (κ2) is 14.3. The first kappa shape index (κ1) is 36.0. The van der Waals surface area contributed by atoms with Gasteiger partial charge in [-0.25, -0.2) is 13.4 Å². The lowest BCUT2D eigenvalue weighted by molar-refractivity contribution is -0.136. The van der Waals surface area contributed by atoms with Gasteiger partial charge in [0, 0.05) is 48.1 Å². The molecule has 55 heavy (non-hydrogen) atoms. The van der Waals surface area contributed by atoms with Crippen molar-refractivity contribution in [3.05, 3.63) is 89.9 Å². The summed E-state index contributed by atoms with van der Waals surface area (Å²) >= 11 is 0. The van der Waals surface area contributed by atoms with Crippen LogP contribution < -0.4 is 29.3 Å². The number of carbonyl (C=O) groups is 4. The number of fused-ring (bicyclic) bond motifs is 2. The number of hydrogen-bond acceptors (Lipinski definition) is 9. The first-order valence-corrected chi connectivity index (χ1v) is 19.5. The number of benzene rings is 4. The molecule has 4 heterocycles. The Balaban J connectivity index is 0.938. The van der Waals surface area contributed by atoms with E-state index in [1.165, 1.54) is 12.1 Å². The molecule has 4 amide bonds. The SMILES string of the molecule is Cc1nn(C2CCC(=O)NC2=O)c2ccc(N3CCC(CC(=O)Nc4ccc5c(F)c(N6CC(=O)NS6(=O)=O)c(OCc6ccccc6)cc5c4)CC3)cc12. The average molecular weight is 768 g/mol. The van der Waals surface area contributed by atoms with E-state index in [1.54, 1.807) is 16.8 Å². The van der Waals surface area contributed by atoms with Crippen LogP contribution in [0, 0.1) is 18.7 Å². The smallest absolute Gasteiger partial charge is 0.326 e. The van der Waals surface area contributed by atoms with Crippen molar-refractivity contribution in [2.24, 2.45) is 5.92 Å². The molecule has 3 aliphatic heterocycles. The standard InChI is InChI=1S/C39H38FN7O7S/c1-23-30-20-28(8-10-31(30)47(43-23)32-11-12-34(48)42-39(32)51)45-15-13-24(14-16-45)17-35(49)41-27-7-9-29-26(18-27)19-33(54-22-25-5-3-2-4-6-25)38(37(29)40)46-21-36(50)44-55(46,52)53/h2-10,18-20,24,32H,11-17,21-22H2,1H3,(H,41,49)(H,44,50)(H,42,48,51). The van der Waals surface area contributed by atoms with Gasteiger partial charge in [0.25, 0.3) is 11.8 Å². The van der Waals surface area contributed by atoms with Crippen molar-refractivity contribution >= 4 is 72.6 Å². The Bertz CT molecular complexity index is 2480. The lowest BCUT2D eigenvalue weighted by Gasteiger charge is -2.33. The Morgan fingerprint density at radius 1 is 0.964 bits per heavy atom. The van der Waals surface area contributed by atoms with E-state index in [2.05, 4.69) is 26.7 Å². The number of aryl methyl sites for hydroxylation is 1. The van der Waals surface area contributed by atoms with Crippen molar-refractivity contribution < 1.29 is 36.7 Å². The third-order valence-corrected chi connectivity index (χ3v) is 11.8. The fourth-order valence-corrected chi connectivity index (χ4v) is 8.79. The van der Waals surface area contributed by atoms with E-state index in [0.717, 1.165) is 53.8 Å². The van der Waals surface area contributed by atoms with Crippen LogP contribution in [-0.2, 0) is 36.0 Å². The van der Waals surface area contributed by atoms with E-state index in [0.29, 0.717) is 28.2 Å². The molecule has 16 heteroatoms. The number of nitrogens with one attached hydrogen (secondary N) is 3. The molecule has 0 spiro atoms. The molecule has 3 fully saturated rings. The normalized spacial score (nSPS) is 18.8. The molecular weight excluding hydrogens is 730 g/mol. The highest BCUT2D eigenvalue weighted by Gasteiger charge is 2.38. The monoisotopic (exact) mass is 767 g/mol. The molecule has 3 saturated heterocycles. The van der Waals surface area contributed by atoms with Crippen molar-refractivity contribution in [3.63, 3.8) is 0 Å². The highest BCUT2D eigenvalue weighted by molar-refractivity contribution is 7.92. The summed E-state index contributed by atoms with van der Waals surface area (Å²) in [5.41, 5.74) is 3.52. The van der Waals surface area contributed by atoms with E-state index in [9.17, 15) is 27.6 Å². The lowest BCUT2D eigenvalue weighted by Crippen LogP contribution is -2.42. The molecule has 5 aromatic rings. The molecule has 0 aliphatic carbocycles. The van der Waals surface area contributed by atoms with Crippen LogP contribution in [0.25, 0.3) is 21.7 Å². The topological polar surface area (TPSA) is 172 Å². The van der Waals surface area contributed by atoms with Crippen molar-refractivity contribution in [3.8, 4) is 5.75 Å². The van der Waals surface area contributed by atoms with Gasteiger partial charge in [-0.3, -0.25) is 29.2 Å². The lowest BCUT2D eigenvalue weighted by atomic mass is 9.92. The summed E-state index contributed by atoms with van der Waals surface area (Å²) in [6, 6.07) is 20.8. The van der Waals surface area contributed by atoms with Crippen molar-refractivity contribution in [1.82, 2.24) is 19.8 Å². The van der Waals surface area contributed by atoms with E-state index in [1.807, 2.05) is 54.1 Å². The number of hydrogen-bond donors (Lipinski definition) is 3. The number of anilines is 3. The van der Waals surface area contributed by atoms with Crippen LogP contribution in [0.15, 0.2) is 72.8 Å². The first-order valence-electron chi connectivity index (χ1n) is 18.1. The van der Waals surface area contributed by atoms with E-state index >= 15 is 4.39 Å². The van der Waals surface area contributed by atoms with Crippen LogP contribution in [0.3, 0.4) is 0 Å². The summed E-state index contributed by atoms with van der Waals surface area (Å²) in [7, 11) is -4.33. The van der Waals surface area contributed by atoms with Crippen LogP contribution in [0.4, 0.5) is 21.5 Å². The zero-order valence-electron chi connectivity index (χ0n) is 29.9. The summed E-state index contributed by atoms with van der Waals surface area (Å²) in [6.45, 7) is 2.84. The van der Waals surface area contributed by atoms with Gasteiger partial charge in [0.1, 0.15) is 30.6 Å². The second-order valence-electron chi connectivity index (χ2n) is 14.2. The summed E-state index contributed by atoms with van der Waals surface area (Å²) in [5.74, 6) is -2.37. The molecule has 284 valence electrons. The maximum absolute atomic E-state index is 16.2. The average Bonchev–Trinajstić information content (AvgIpc) is 3.63. The Kier molecular flexibility index (Phi) is 9.37. The van der Waals surface area contributed by atoms with Gasteiger partial charge in [-0.2, -0.15) is 13.5 Å². The number of amides is 4. The van der Waals surface area contributed by atoms with Crippen LogP contribution >= 0.6 is 0 Å². The Morgan fingerprint density at radius 3 is 2.47 bits per heavy atom. The zero-order chi connectivity index (χ0) is 38.4. The van der Waals surface area contributed by atoms with Crippen molar-refractivity contribution in [2.45, 2.75) is 51.7 Å². The largest absolute Gasteiger partial charge is 0.487 e. The molecule has 14 nitrogen and oxygen atoms in total. The molecule has 0 radical (unpaired) electrons. The molecule has 1 unspecified atom stereocenters. The minimum atomic E-state index is -4.33. The van der Waals surface area contributed by atoms with Crippen LogP contribution in [0.5, 0.6) is 5.75 Å². The molecule has 1 aromatic heterocycles. The quantitative estimate of drug-likeness (QED) is 0.181. The molecule has 8 rings (SSSR count). The third kappa shape index (κ3) is 7.16. The van der Waals surface area contributed by atoms with Crippen LogP contribution in [-0.4, -0.2) is 61.5 Å². The fraction of sp³-hybridized carbons (Fsp3) is 0.308. The number of halogens is 1. The highest BCUT2D eigenvalue weighted by atomic mass is 32.2. The van der Waals surface area contributed by atoms with Gasteiger partial charge in [0.05, 0.1) is 11.2 Å². The van der Waals surface area contributed by atoms with Gasteiger partial charge in [0.15, 0.2) is 5.82 Å². The number of piperidine rings is 2. The van der Waals surface area contributed by atoms with E-state index in [4.69, 9.17) is 4.74 Å². The van der Waals surface area contributed by atoms with Crippen LogP contribution in [0.1, 0.15) is 49.4 Å². The van der Waals surface area contributed by atoms with Crippen molar-refractivity contribution in [2.75, 3.05) is 34.2 Å². The first-order chi connectivity index (χ1) is 26.4. The number of rotatable bonds is 9. The Hall–Kier alpha value is -6.03. The summed E-state index contributed by atoms with van der Waals surface area (Å²) in [5, 5.41) is 11.4. The van der Waals surface area contributed by atoms with Gasteiger partial charge in [-0.15, -0.1) is 0 Å². The molecule has 0 bridgehead atoms. The minimum Gasteiger partial charge on any atom is -0.487 e. The van der Waals surface area contributed by atoms with E-state index < -0.39 is 34.5 Å². The summed E-state index contributed by atoms with van der Waals surface area (Å²) in [6.07, 6.45) is 2.57. The zero-order valence-corrected chi connectivity index (χ0v) is 30.7. The number of nitrogens with zero attached hydrogens (tertiary/aromatic N) is 4. The molecule has 0 saturated carbocycles. The molecule has 1 atom stereocenters. The highest BCUT2D eigenvalue weighted by Crippen LogP contribution is 2.40. The summed E-state index contributed by atoms with van der Waals surface area (Å²) in [4.78, 5) is 51.8. The molecule has 3 N–H and O–H groups in total. The number of carbonyl (C=O) groups excluding carboxylic acids is 4. The Morgan fingerprint density at radius 2 is 1.75 bits per heavy atom. The second-order valence-corrected chi connectivity index (χ2v) is 15.8. The van der Waals surface area contributed by atoms with Crippen LogP contribution in [0.2, 0.25) is 0 Å². The molecule has 3 aliphatic rings. The fourth-order valence-electron chi connectivity index (χ4n) is 7.63. The number of imide groups is 1. The van der Waals surface area contributed by atoms with Gasteiger partial charge in [0.2, 0.25) is 11.8 Å². The summed E-state index contributed by atoms with van der Waals surface area (Å²) < 4.78 is 51.9. The predicted octanol–water partition coefficient (Wildman–Crippen LogP) is 4.62. The predicted molar refractivity (Wildman–Crippen MR) is 203 cm³/mol. The Labute approximate surface area is 315 Å². The van der Waals surface area contributed by atoms with Crippen molar-refractivity contribution in [1.29, 1.82) is 0 Å². The molecular formula is C39H38FN7O7S. The van der Waals surface area contributed by atoms with Gasteiger partial charge < -0.3 is 15.0 Å². The number of ether oxygens (including phenoxy) is 1.